The Morgan fingerprint density at radius 1 is 1.19 bits per heavy atom. The fourth-order valence-electron chi connectivity index (χ4n) is 3.78. The molecule has 0 bridgehead atoms. The first-order valence-corrected chi connectivity index (χ1v) is 9.21. The van der Waals surface area contributed by atoms with Crippen LogP contribution in [0.4, 0.5) is 0 Å². The monoisotopic (exact) mass is 368 g/mol. The van der Waals surface area contributed by atoms with Gasteiger partial charge in [-0.1, -0.05) is 29.8 Å². The maximum Gasteiger partial charge on any atom is 0.249 e. The highest BCUT2D eigenvalue weighted by atomic mass is 35.5. The molecule has 1 heterocycles. The third-order valence-electron chi connectivity index (χ3n) is 5.02. The number of nitrogens with zero attached hydrogens (tertiary/aromatic N) is 1. The number of carbonyl (C=O) groups excluding carboxylic acids is 1. The van der Waals surface area contributed by atoms with Crippen LogP contribution in [0.5, 0.6) is 5.75 Å². The van der Waals surface area contributed by atoms with Crippen molar-refractivity contribution in [2.45, 2.75) is 19.4 Å². The van der Waals surface area contributed by atoms with Gasteiger partial charge in [0.05, 0.1) is 12.8 Å². The van der Waals surface area contributed by atoms with Gasteiger partial charge in [-0.2, -0.15) is 0 Å². The summed E-state index contributed by atoms with van der Waals surface area (Å²) in [5, 5.41) is 3.76. The van der Waals surface area contributed by atoms with Gasteiger partial charge in [-0.3, -0.25) is 4.79 Å². The van der Waals surface area contributed by atoms with Crippen LogP contribution in [0.1, 0.15) is 23.1 Å². The third kappa shape index (κ3) is 3.17. The molecule has 1 N–H and O–H groups in total. The molecule has 4 rings (SSSR count). The molecule has 1 aliphatic carbocycles. The van der Waals surface area contributed by atoms with Crippen LogP contribution in [-0.2, 0) is 17.8 Å². The zero-order valence-corrected chi connectivity index (χ0v) is 15.5. The fraction of sp³-hybridized carbons (Fsp3) is 0.286. The molecule has 2 aromatic rings. The van der Waals surface area contributed by atoms with E-state index in [4.69, 9.17) is 16.3 Å². The Hall–Kier alpha value is -2.46. The fourth-order valence-corrected chi connectivity index (χ4v) is 3.99. The first-order valence-electron chi connectivity index (χ1n) is 8.84. The van der Waals surface area contributed by atoms with Crippen molar-refractivity contribution in [2.24, 2.45) is 0 Å². The van der Waals surface area contributed by atoms with Gasteiger partial charge in [-0.25, -0.2) is 0 Å². The van der Waals surface area contributed by atoms with E-state index in [2.05, 4.69) is 22.3 Å². The predicted octanol–water partition coefficient (Wildman–Crippen LogP) is 3.64. The Bertz CT molecular complexity index is 891. The van der Waals surface area contributed by atoms with Crippen molar-refractivity contribution in [3.8, 4) is 5.75 Å². The third-order valence-corrected chi connectivity index (χ3v) is 5.26. The minimum Gasteiger partial charge on any atom is -0.497 e. The molecule has 0 aromatic heterocycles. The van der Waals surface area contributed by atoms with Crippen LogP contribution >= 0.6 is 11.6 Å². The standard InChI is InChI=1S/C21H21ClN2O2/c1-26-17-7-5-15-6-8-18-20(19(15)12-17)24(10-9-23-21(18)25)13-14-3-2-4-16(22)11-14/h2-5,7,11-12H,6,8-10,13H2,1H3,(H,23,25). The van der Waals surface area contributed by atoms with E-state index in [1.54, 1.807) is 7.11 Å². The van der Waals surface area contributed by atoms with Gasteiger partial charge in [0.25, 0.3) is 0 Å². The lowest BCUT2D eigenvalue weighted by molar-refractivity contribution is -0.117. The maximum absolute atomic E-state index is 12.6. The zero-order valence-electron chi connectivity index (χ0n) is 14.7. The Morgan fingerprint density at radius 3 is 2.88 bits per heavy atom. The number of hydrogen-bond donors (Lipinski definition) is 1. The van der Waals surface area contributed by atoms with Gasteiger partial charge in [0.1, 0.15) is 5.75 Å². The Morgan fingerprint density at radius 2 is 2.08 bits per heavy atom. The van der Waals surface area contributed by atoms with Gasteiger partial charge in [-0.05, 0) is 48.2 Å². The SMILES string of the molecule is COc1ccc2c(c1)C1=C(CC2)C(=O)NCCN1Cc1cccc(Cl)c1. The molecule has 134 valence electrons. The summed E-state index contributed by atoms with van der Waals surface area (Å²) in [6, 6.07) is 14.0. The van der Waals surface area contributed by atoms with E-state index in [-0.39, 0.29) is 5.91 Å². The molecular formula is C21H21ClN2O2. The van der Waals surface area contributed by atoms with Crippen LogP contribution in [-0.4, -0.2) is 31.0 Å². The molecule has 0 fully saturated rings. The van der Waals surface area contributed by atoms with E-state index in [0.717, 1.165) is 52.6 Å². The molecule has 1 aliphatic heterocycles. The average molecular weight is 369 g/mol. The lowest BCUT2D eigenvalue weighted by atomic mass is 9.88. The van der Waals surface area contributed by atoms with Crippen LogP contribution in [0.3, 0.4) is 0 Å². The number of ether oxygens (including phenoxy) is 1. The number of halogens is 1. The van der Waals surface area contributed by atoms with E-state index in [1.165, 1.54) is 5.56 Å². The number of benzene rings is 2. The molecule has 0 saturated carbocycles. The minimum absolute atomic E-state index is 0.0436. The number of fused-ring (bicyclic) bond motifs is 2. The minimum atomic E-state index is 0.0436. The number of amides is 1. The number of nitrogens with one attached hydrogen (secondary N) is 1. The lowest BCUT2D eigenvalue weighted by Gasteiger charge is -2.31. The first-order chi connectivity index (χ1) is 12.7. The summed E-state index contributed by atoms with van der Waals surface area (Å²) in [5.41, 5.74) is 5.39. The van der Waals surface area contributed by atoms with Crippen molar-refractivity contribution in [3.05, 3.63) is 69.8 Å². The highest BCUT2D eigenvalue weighted by Crippen LogP contribution is 2.37. The number of methoxy groups -OCH3 is 1. The highest BCUT2D eigenvalue weighted by molar-refractivity contribution is 6.30. The van der Waals surface area contributed by atoms with Gasteiger partial charge < -0.3 is 15.0 Å². The smallest absolute Gasteiger partial charge is 0.249 e. The molecule has 2 aromatic carbocycles. The lowest BCUT2D eigenvalue weighted by Crippen LogP contribution is -2.29. The Balaban J connectivity index is 1.80. The molecule has 0 atom stereocenters. The Labute approximate surface area is 158 Å². The van der Waals surface area contributed by atoms with Crippen LogP contribution in [0.2, 0.25) is 5.02 Å². The second-order valence-electron chi connectivity index (χ2n) is 6.66. The van der Waals surface area contributed by atoms with Gasteiger partial charge in [0.15, 0.2) is 0 Å². The zero-order chi connectivity index (χ0) is 18.1. The van der Waals surface area contributed by atoms with Gasteiger partial charge in [0.2, 0.25) is 5.91 Å². The van der Waals surface area contributed by atoms with Crippen molar-refractivity contribution >= 4 is 23.2 Å². The normalized spacial score (nSPS) is 16.5. The van der Waals surface area contributed by atoms with Crippen LogP contribution < -0.4 is 10.1 Å². The number of rotatable bonds is 3. The molecule has 0 saturated heterocycles. The van der Waals surface area contributed by atoms with E-state index in [9.17, 15) is 4.79 Å². The van der Waals surface area contributed by atoms with Crippen molar-refractivity contribution in [2.75, 3.05) is 20.2 Å². The summed E-state index contributed by atoms with van der Waals surface area (Å²) in [7, 11) is 1.67. The second kappa shape index (κ2) is 7.04. The molecular weight excluding hydrogens is 348 g/mol. The van der Waals surface area contributed by atoms with Gasteiger partial charge >= 0.3 is 0 Å². The number of carbonyl (C=O) groups is 1. The molecule has 0 spiro atoms. The quantitative estimate of drug-likeness (QED) is 0.899. The van der Waals surface area contributed by atoms with Crippen molar-refractivity contribution < 1.29 is 9.53 Å². The highest BCUT2D eigenvalue weighted by Gasteiger charge is 2.30. The summed E-state index contributed by atoms with van der Waals surface area (Å²) in [5.74, 6) is 0.854. The Kier molecular flexibility index (Phi) is 4.60. The van der Waals surface area contributed by atoms with E-state index in [1.807, 2.05) is 30.3 Å². The summed E-state index contributed by atoms with van der Waals surface area (Å²) < 4.78 is 5.43. The van der Waals surface area contributed by atoms with Crippen LogP contribution in [0.15, 0.2) is 48.0 Å². The van der Waals surface area contributed by atoms with E-state index >= 15 is 0 Å². The van der Waals surface area contributed by atoms with Crippen molar-refractivity contribution in [1.82, 2.24) is 10.2 Å². The molecule has 2 aliphatic rings. The predicted molar refractivity (Wildman–Crippen MR) is 103 cm³/mol. The van der Waals surface area contributed by atoms with E-state index in [0.29, 0.717) is 13.1 Å². The first kappa shape index (κ1) is 17.0. The van der Waals surface area contributed by atoms with Crippen LogP contribution in [0.25, 0.3) is 5.70 Å². The van der Waals surface area contributed by atoms with Crippen molar-refractivity contribution in [3.63, 3.8) is 0 Å². The van der Waals surface area contributed by atoms with Gasteiger partial charge in [-0.15, -0.1) is 0 Å². The van der Waals surface area contributed by atoms with Crippen LogP contribution in [0, 0.1) is 0 Å². The molecule has 0 radical (unpaired) electrons. The van der Waals surface area contributed by atoms with Crippen molar-refractivity contribution in [1.29, 1.82) is 0 Å². The molecule has 4 nitrogen and oxygen atoms in total. The average Bonchev–Trinajstić information content (AvgIpc) is 2.80. The molecule has 5 heteroatoms. The second-order valence-corrected chi connectivity index (χ2v) is 7.09. The summed E-state index contributed by atoms with van der Waals surface area (Å²) in [6.07, 6.45) is 1.63. The van der Waals surface area contributed by atoms with Gasteiger partial charge in [0, 0.05) is 35.8 Å². The maximum atomic E-state index is 12.6. The topological polar surface area (TPSA) is 41.6 Å². The molecule has 0 unspecified atom stereocenters. The number of aryl methyl sites for hydroxylation is 1. The summed E-state index contributed by atoms with van der Waals surface area (Å²) >= 11 is 6.16. The van der Waals surface area contributed by atoms with E-state index < -0.39 is 0 Å². The summed E-state index contributed by atoms with van der Waals surface area (Å²) in [4.78, 5) is 14.9. The summed E-state index contributed by atoms with van der Waals surface area (Å²) in [6.45, 7) is 2.10. The largest absolute Gasteiger partial charge is 0.497 e. The molecule has 1 amide bonds. The molecule has 26 heavy (non-hydrogen) atoms. The number of hydrogen-bond acceptors (Lipinski definition) is 3.